The van der Waals surface area contributed by atoms with Gasteiger partial charge in [-0.1, -0.05) is 30.5 Å². The lowest BCUT2D eigenvalue weighted by Gasteiger charge is -2.13. The highest BCUT2D eigenvalue weighted by Gasteiger charge is 2.22. The summed E-state index contributed by atoms with van der Waals surface area (Å²) in [7, 11) is 0. The summed E-state index contributed by atoms with van der Waals surface area (Å²) < 4.78 is 0. The molecular formula is C13H17ClO. The molecule has 0 bridgehead atoms. The van der Waals surface area contributed by atoms with E-state index in [1.54, 1.807) is 0 Å². The molecule has 0 spiro atoms. The molecule has 1 unspecified atom stereocenters. The zero-order valence-corrected chi connectivity index (χ0v) is 9.80. The van der Waals surface area contributed by atoms with E-state index in [-0.39, 0.29) is 6.10 Å². The fraction of sp³-hybridized carbons (Fsp3) is 0.538. The molecule has 1 N–H and O–H groups in total. The molecule has 2 heteroatoms. The van der Waals surface area contributed by atoms with E-state index in [0.29, 0.717) is 5.02 Å². The molecule has 1 aromatic carbocycles. The first-order valence-corrected chi connectivity index (χ1v) is 5.98. The van der Waals surface area contributed by atoms with Crippen molar-refractivity contribution in [1.29, 1.82) is 0 Å². The van der Waals surface area contributed by atoms with Crippen LogP contribution in [0.4, 0.5) is 0 Å². The maximum Gasteiger partial charge on any atom is 0.0793 e. The van der Waals surface area contributed by atoms with Gasteiger partial charge in [-0.25, -0.2) is 0 Å². The highest BCUT2D eigenvalue weighted by atomic mass is 35.5. The summed E-state index contributed by atoms with van der Waals surface area (Å²) >= 11 is 5.92. The van der Waals surface area contributed by atoms with Crippen LogP contribution in [0.2, 0.25) is 5.02 Å². The summed E-state index contributed by atoms with van der Waals surface area (Å²) in [5.41, 5.74) is 2.12. The second-order valence-electron chi connectivity index (χ2n) is 4.54. The summed E-state index contributed by atoms with van der Waals surface area (Å²) in [6.45, 7) is 2.02. The van der Waals surface area contributed by atoms with Crippen LogP contribution in [0.3, 0.4) is 0 Å². The molecule has 0 saturated heterocycles. The molecule has 1 nitrogen and oxygen atoms in total. The average Bonchev–Trinajstić information content (AvgIpc) is 3.02. The van der Waals surface area contributed by atoms with Crippen LogP contribution in [-0.2, 0) is 0 Å². The Hall–Kier alpha value is -0.530. The van der Waals surface area contributed by atoms with Gasteiger partial charge in [0.25, 0.3) is 0 Å². The zero-order chi connectivity index (χ0) is 10.8. The van der Waals surface area contributed by atoms with Crippen LogP contribution in [-0.4, -0.2) is 5.11 Å². The summed E-state index contributed by atoms with van der Waals surface area (Å²) in [5.74, 6) is 0.874. The minimum absolute atomic E-state index is 0.343. The Bertz CT molecular complexity index is 344. The van der Waals surface area contributed by atoms with E-state index >= 15 is 0 Å². The van der Waals surface area contributed by atoms with Gasteiger partial charge < -0.3 is 5.11 Å². The fourth-order valence-corrected chi connectivity index (χ4v) is 2.11. The predicted molar refractivity (Wildman–Crippen MR) is 63.1 cm³/mol. The molecule has 15 heavy (non-hydrogen) atoms. The largest absolute Gasteiger partial charge is 0.388 e. The van der Waals surface area contributed by atoms with Crippen molar-refractivity contribution in [1.82, 2.24) is 0 Å². The Morgan fingerprint density at radius 2 is 2.20 bits per heavy atom. The summed E-state index contributed by atoms with van der Waals surface area (Å²) in [5, 5.41) is 10.8. The molecule has 1 saturated carbocycles. The SMILES string of the molecule is Cc1ccc(Cl)cc1C(O)CCC1CC1. The fourth-order valence-electron chi connectivity index (χ4n) is 1.93. The van der Waals surface area contributed by atoms with Gasteiger partial charge in [-0.15, -0.1) is 0 Å². The van der Waals surface area contributed by atoms with E-state index < -0.39 is 0 Å². The van der Waals surface area contributed by atoms with Crippen LogP contribution in [0.5, 0.6) is 0 Å². The second-order valence-corrected chi connectivity index (χ2v) is 4.97. The molecule has 0 radical (unpaired) electrons. The molecule has 1 atom stereocenters. The maximum absolute atomic E-state index is 10.0. The topological polar surface area (TPSA) is 20.2 Å². The third-order valence-electron chi connectivity index (χ3n) is 3.15. The maximum atomic E-state index is 10.0. The van der Waals surface area contributed by atoms with Gasteiger partial charge in [0.1, 0.15) is 0 Å². The monoisotopic (exact) mass is 224 g/mol. The number of aryl methyl sites for hydroxylation is 1. The Kier molecular flexibility index (Phi) is 3.32. The van der Waals surface area contributed by atoms with Crippen molar-refractivity contribution < 1.29 is 5.11 Å². The third kappa shape index (κ3) is 2.96. The highest BCUT2D eigenvalue weighted by molar-refractivity contribution is 6.30. The number of hydrogen-bond donors (Lipinski definition) is 1. The number of hydrogen-bond acceptors (Lipinski definition) is 1. The van der Waals surface area contributed by atoms with Crippen LogP contribution >= 0.6 is 11.6 Å². The Labute approximate surface area is 96.1 Å². The minimum Gasteiger partial charge on any atom is -0.388 e. The van der Waals surface area contributed by atoms with Gasteiger partial charge in [-0.2, -0.15) is 0 Å². The van der Waals surface area contributed by atoms with Crippen molar-refractivity contribution in [3.05, 3.63) is 34.3 Å². The molecule has 1 fully saturated rings. The molecule has 1 aliphatic carbocycles. The number of rotatable bonds is 4. The van der Waals surface area contributed by atoms with E-state index in [1.807, 2.05) is 25.1 Å². The number of aliphatic hydroxyl groups is 1. The highest BCUT2D eigenvalue weighted by Crippen LogP contribution is 2.36. The van der Waals surface area contributed by atoms with Crippen LogP contribution in [0, 0.1) is 12.8 Å². The molecule has 2 rings (SSSR count). The molecule has 0 amide bonds. The van der Waals surface area contributed by atoms with Crippen molar-refractivity contribution in [3.8, 4) is 0 Å². The average molecular weight is 225 g/mol. The Morgan fingerprint density at radius 3 is 2.87 bits per heavy atom. The van der Waals surface area contributed by atoms with Gasteiger partial charge in [-0.05, 0) is 48.9 Å². The lowest BCUT2D eigenvalue weighted by Crippen LogP contribution is -2.00. The smallest absolute Gasteiger partial charge is 0.0793 e. The third-order valence-corrected chi connectivity index (χ3v) is 3.38. The van der Waals surface area contributed by atoms with Gasteiger partial charge in [0.2, 0.25) is 0 Å². The van der Waals surface area contributed by atoms with Crippen molar-refractivity contribution in [2.24, 2.45) is 5.92 Å². The van der Waals surface area contributed by atoms with Crippen LogP contribution in [0.1, 0.15) is 42.9 Å². The van der Waals surface area contributed by atoms with E-state index in [1.165, 1.54) is 12.8 Å². The summed E-state index contributed by atoms with van der Waals surface area (Å²) in [6.07, 6.45) is 4.37. The van der Waals surface area contributed by atoms with Crippen molar-refractivity contribution in [2.75, 3.05) is 0 Å². The lowest BCUT2D eigenvalue weighted by atomic mass is 9.99. The first-order valence-electron chi connectivity index (χ1n) is 5.61. The first-order chi connectivity index (χ1) is 7.16. The standard InChI is InChI=1S/C13H17ClO/c1-9-2-6-11(14)8-12(9)13(15)7-5-10-3-4-10/h2,6,8,10,13,15H,3-5,7H2,1H3. The molecule has 0 heterocycles. The van der Waals surface area contributed by atoms with Gasteiger partial charge in [0.05, 0.1) is 6.10 Å². The van der Waals surface area contributed by atoms with Crippen molar-refractivity contribution >= 4 is 11.6 Å². The van der Waals surface area contributed by atoms with E-state index in [4.69, 9.17) is 11.6 Å². The van der Waals surface area contributed by atoms with Crippen LogP contribution in [0.25, 0.3) is 0 Å². The zero-order valence-electron chi connectivity index (χ0n) is 9.04. The molecule has 0 aromatic heterocycles. The van der Waals surface area contributed by atoms with Crippen LogP contribution in [0.15, 0.2) is 18.2 Å². The normalized spacial score (nSPS) is 17.8. The molecule has 82 valence electrons. The number of aliphatic hydroxyl groups excluding tert-OH is 1. The molecular weight excluding hydrogens is 208 g/mol. The van der Waals surface area contributed by atoms with Crippen molar-refractivity contribution in [3.63, 3.8) is 0 Å². The van der Waals surface area contributed by atoms with Crippen LogP contribution < -0.4 is 0 Å². The van der Waals surface area contributed by atoms with Gasteiger partial charge >= 0.3 is 0 Å². The molecule has 1 aliphatic rings. The summed E-state index contributed by atoms with van der Waals surface area (Å²) in [4.78, 5) is 0. The molecule has 0 aliphatic heterocycles. The quantitative estimate of drug-likeness (QED) is 0.823. The Morgan fingerprint density at radius 1 is 1.47 bits per heavy atom. The number of benzene rings is 1. The Balaban J connectivity index is 2.02. The van der Waals surface area contributed by atoms with E-state index in [9.17, 15) is 5.11 Å². The van der Waals surface area contributed by atoms with Crippen molar-refractivity contribution in [2.45, 2.75) is 38.7 Å². The summed E-state index contributed by atoms with van der Waals surface area (Å²) in [6, 6.07) is 5.72. The minimum atomic E-state index is -0.343. The predicted octanol–water partition coefficient (Wildman–Crippen LogP) is 3.87. The van der Waals surface area contributed by atoms with Gasteiger partial charge in [-0.3, -0.25) is 0 Å². The number of halogens is 1. The van der Waals surface area contributed by atoms with Gasteiger partial charge in [0.15, 0.2) is 0 Å². The first kappa shape index (κ1) is 11.0. The second kappa shape index (κ2) is 4.54. The van der Waals surface area contributed by atoms with E-state index in [2.05, 4.69) is 0 Å². The lowest BCUT2D eigenvalue weighted by molar-refractivity contribution is 0.161. The molecule has 1 aromatic rings. The van der Waals surface area contributed by atoms with E-state index in [0.717, 1.165) is 29.9 Å². The van der Waals surface area contributed by atoms with Gasteiger partial charge in [0, 0.05) is 5.02 Å².